The summed E-state index contributed by atoms with van der Waals surface area (Å²) in [4.78, 5) is 27.1. The molecule has 2 rings (SSSR count). The number of hydrogen-bond acceptors (Lipinski definition) is 3. The van der Waals surface area contributed by atoms with E-state index in [1.165, 1.54) is 0 Å². The number of aliphatic carboxylic acids is 1. The van der Waals surface area contributed by atoms with Crippen molar-refractivity contribution in [3.05, 3.63) is 0 Å². The normalized spacial score (nSPS) is 28.6. The number of hydrogen-bond donors (Lipinski definition) is 2. The van der Waals surface area contributed by atoms with Crippen LogP contribution in [-0.2, 0) is 4.79 Å². The van der Waals surface area contributed by atoms with Crippen LogP contribution in [0.5, 0.6) is 0 Å². The highest BCUT2D eigenvalue weighted by atomic mass is 16.4. The lowest BCUT2D eigenvalue weighted by Gasteiger charge is -2.44. The zero-order chi connectivity index (χ0) is 15.8. The zero-order valence-electron chi connectivity index (χ0n) is 13.1. The molecule has 2 bridgehead atoms. The number of nitrogens with zero attached hydrogens (tertiary/aromatic N) is 2. The quantitative estimate of drug-likeness (QED) is 0.824. The number of piperidine rings is 1. The number of carbonyl (C=O) groups excluding carboxylic acids is 1. The van der Waals surface area contributed by atoms with E-state index < -0.39 is 11.5 Å². The van der Waals surface area contributed by atoms with Crippen molar-refractivity contribution in [1.82, 2.24) is 9.80 Å². The molecular formula is C15H26N2O4. The van der Waals surface area contributed by atoms with Gasteiger partial charge >= 0.3 is 12.0 Å². The predicted octanol–water partition coefficient (Wildman–Crippen LogP) is 1.53. The lowest BCUT2D eigenvalue weighted by molar-refractivity contribution is -0.138. The lowest BCUT2D eigenvalue weighted by atomic mass is 9.88. The van der Waals surface area contributed by atoms with Gasteiger partial charge in [-0.3, -0.25) is 4.79 Å². The molecule has 2 aliphatic rings. The van der Waals surface area contributed by atoms with E-state index in [1.807, 2.05) is 18.7 Å². The van der Waals surface area contributed by atoms with E-state index in [9.17, 15) is 14.7 Å². The van der Waals surface area contributed by atoms with E-state index in [0.29, 0.717) is 0 Å². The monoisotopic (exact) mass is 298 g/mol. The summed E-state index contributed by atoms with van der Waals surface area (Å²) < 4.78 is 0. The fraction of sp³-hybridized carbons (Fsp3) is 0.867. The maximum Gasteiger partial charge on any atom is 0.320 e. The van der Waals surface area contributed by atoms with Crippen LogP contribution in [0.4, 0.5) is 4.79 Å². The maximum atomic E-state index is 12.7. The van der Waals surface area contributed by atoms with Crippen LogP contribution < -0.4 is 0 Å². The summed E-state index contributed by atoms with van der Waals surface area (Å²) in [5, 5.41) is 18.4. The summed E-state index contributed by atoms with van der Waals surface area (Å²) >= 11 is 0. The minimum absolute atomic E-state index is 0.0460. The van der Waals surface area contributed by atoms with E-state index in [0.717, 1.165) is 25.7 Å². The number of fused-ring (bicyclic) bond motifs is 2. The van der Waals surface area contributed by atoms with E-state index in [2.05, 4.69) is 0 Å². The lowest BCUT2D eigenvalue weighted by Crippen LogP contribution is -2.57. The number of aliphatic hydroxyl groups excluding tert-OH is 1. The van der Waals surface area contributed by atoms with Gasteiger partial charge in [-0.25, -0.2) is 4.79 Å². The Labute approximate surface area is 125 Å². The molecule has 0 radical (unpaired) electrons. The van der Waals surface area contributed by atoms with Crippen molar-refractivity contribution < 1.29 is 19.8 Å². The third-order valence-electron chi connectivity index (χ3n) is 5.10. The molecule has 0 aliphatic carbocycles. The number of amides is 2. The highest BCUT2D eigenvalue weighted by Gasteiger charge is 2.45. The zero-order valence-corrected chi connectivity index (χ0v) is 13.1. The largest absolute Gasteiger partial charge is 0.481 e. The third kappa shape index (κ3) is 3.15. The van der Waals surface area contributed by atoms with Gasteiger partial charge in [0.25, 0.3) is 0 Å². The summed E-state index contributed by atoms with van der Waals surface area (Å²) in [5.41, 5.74) is -0.589. The number of aliphatic hydroxyl groups is 1. The molecule has 6 heteroatoms. The fourth-order valence-corrected chi connectivity index (χ4v) is 3.55. The Morgan fingerprint density at radius 1 is 1.24 bits per heavy atom. The average Bonchev–Trinajstić information content (AvgIpc) is 2.68. The van der Waals surface area contributed by atoms with Crippen LogP contribution in [-0.4, -0.2) is 63.3 Å². The Bertz CT molecular complexity index is 410. The van der Waals surface area contributed by atoms with Crippen LogP contribution in [0.2, 0.25) is 0 Å². The minimum atomic E-state index is -0.752. The molecule has 2 N–H and O–H groups in total. The van der Waals surface area contributed by atoms with Gasteiger partial charge < -0.3 is 20.0 Å². The molecule has 2 atom stereocenters. The van der Waals surface area contributed by atoms with Crippen LogP contribution in [0, 0.1) is 5.92 Å². The second-order valence-corrected chi connectivity index (χ2v) is 7.04. The van der Waals surface area contributed by atoms with Gasteiger partial charge in [0, 0.05) is 25.6 Å². The molecule has 0 aromatic carbocycles. The molecule has 2 fully saturated rings. The Hall–Kier alpha value is -1.30. The molecule has 2 saturated heterocycles. The number of rotatable bonds is 4. The first-order chi connectivity index (χ1) is 9.76. The Kier molecular flexibility index (Phi) is 4.46. The van der Waals surface area contributed by atoms with Crippen molar-refractivity contribution in [1.29, 1.82) is 0 Å². The number of carbonyl (C=O) groups is 2. The van der Waals surface area contributed by atoms with Crippen molar-refractivity contribution >= 4 is 12.0 Å². The Balaban J connectivity index is 2.06. The van der Waals surface area contributed by atoms with Crippen molar-refractivity contribution in [3.63, 3.8) is 0 Å². The molecule has 2 heterocycles. The fourth-order valence-electron chi connectivity index (χ4n) is 3.55. The van der Waals surface area contributed by atoms with Crippen molar-refractivity contribution in [2.45, 2.75) is 63.6 Å². The van der Waals surface area contributed by atoms with Crippen molar-refractivity contribution in [2.24, 2.45) is 5.92 Å². The summed E-state index contributed by atoms with van der Waals surface area (Å²) in [6, 6.07) is 0.255. The van der Waals surface area contributed by atoms with E-state index in [4.69, 9.17) is 5.11 Å². The van der Waals surface area contributed by atoms with Crippen molar-refractivity contribution in [3.8, 4) is 0 Å². The average molecular weight is 298 g/mol. The summed E-state index contributed by atoms with van der Waals surface area (Å²) in [7, 11) is 1.72. The smallest absolute Gasteiger partial charge is 0.320 e. The SMILES string of the molecule is CN(C(=O)N1C2CCC1CC(CC(=O)O)C2)C(C)(C)CO. The van der Waals surface area contributed by atoms with Gasteiger partial charge in [-0.15, -0.1) is 0 Å². The van der Waals surface area contributed by atoms with E-state index in [1.54, 1.807) is 11.9 Å². The minimum Gasteiger partial charge on any atom is -0.481 e. The topological polar surface area (TPSA) is 81.1 Å². The third-order valence-corrected chi connectivity index (χ3v) is 5.10. The van der Waals surface area contributed by atoms with Crippen LogP contribution in [0.15, 0.2) is 0 Å². The maximum absolute atomic E-state index is 12.7. The van der Waals surface area contributed by atoms with Crippen LogP contribution in [0.3, 0.4) is 0 Å². The predicted molar refractivity (Wildman–Crippen MR) is 77.9 cm³/mol. The second-order valence-electron chi connectivity index (χ2n) is 7.04. The van der Waals surface area contributed by atoms with Gasteiger partial charge in [-0.05, 0) is 45.4 Å². The number of carboxylic acid groups (broad SMARTS) is 1. The molecule has 0 aromatic heterocycles. The molecule has 2 unspecified atom stereocenters. The Morgan fingerprint density at radius 3 is 2.19 bits per heavy atom. The molecule has 6 nitrogen and oxygen atoms in total. The van der Waals surface area contributed by atoms with Gasteiger partial charge in [0.2, 0.25) is 0 Å². The molecule has 0 aromatic rings. The number of carboxylic acids is 1. The molecule has 2 amide bonds. The summed E-state index contributed by atoms with van der Waals surface area (Å²) in [6.07, 6.45) is 3.68. The number of likely N-dealkylation sites (N-methyl/N-ethyl adjacent to an activating group) is 1. The second kappa shape index (κ2) is 5.83. The van der Waals surface area contributed by atoms with Crippen molar-refractivity contribution in [2.75, 3.05) is 13.7 Å². The van der Waals surface area contributed by atoms with Crippen LogP contribution in [0.25, 0.3) is 0 Å². The highest BCUT2D eigenvalue weighted by Crippen LogP contribution is 2.40. The van der Waals surface area contributed by atoms with Crippen LogP contribution in [0.1, 0.15) is 46.0 Å². The molecular weight excluding hydrogens is 272 g/mol. The first-order valence-corrected chi connectivity index (χ1v) is 7.65. The summed E-state index contributed by atoms with van der Waals surface area (Å²) in [6.45, 7) is 3.59. The number of urea groups is 1. The van der Waals surface area contributed by atoms with Gasteiger partial charge in [-0.1, -0.05) is 0 Å². The standard InChI is InChI=1S/C15H26N2O4/c1-15(2,9-18)16(3)14(21)17-11-4-5-12(17)7-10(6-11)8-13(19)20/h10-12,18H,4-9H2,1-3H3,(H,19,20). The molecule has 0 spiro atoms. The van der Waals surface area contributed by atoms with E-state index >= 15 is 0 Å². The van der Waals surface area contributed by atoms with Gasteiger partial charge in [0.15, 0.2) is 0 Å². The van der Waals surface area contributed by atoms with Gasteiger partial charge in [-0.2, -0.15) is 0 Å². The first kappa shape index (κ1) is 16.1. The van der Waals surface area contributed by atoms with Crippen LogP contribution >= 0.6 is 0 Å². The van der Waals surface area contributed by atoms with Gasteiger partial charge in [0.1, 0.15) is 0 Å². The highest BCUT2D eigenvalue weighted by molar-refractivity contribution is 5.76. The molecule has 2 aliphatic heterocycles. The Morgan fingerprint density at radius 2 is 1.76 bits per heavy atom. The summed E-state index contributed by atoms with van der Waals surface area (Å²) in [5.74, 6) is -0.571. The molecule has 0 saturated carbocycles. The van der Waals surface area contributed by atoms with E-state index in [-0.39, 0.29) is 37.1 Å². The molecule has 120 valence electrons. The first-order valence-electron chi connectivity index (χ1n) is 7.65. The molecule has 21 heavy (non-hydrogen) atoms. The van der Waals surface area contributed by atoms with Gasteiger partial charge in [0.05, 0.1) is 12.1 Å².